The van der Waals surface area contributed by atoms with Crippen molar-refractivity contribution in [3.05, 3.63) is 11.8 Å². The van der Waals surface area contributed by atoms with Crippen LogP contribution in [0.15, 0.2) is 6.07 Å². The number of H-pyrrole nitrogens is 1. The van der Waals surface area contributed by atoms with Gasteiger partial charge >= 0.3 is 0 Å². The van der Waals surface area contributed by atoms with Crippen LogP contribution in [0.4, 0.5) is 5.82 Å². The molecule has 0 radical (unpaired) electrons. The normalized spacial score (nSPS) is 18.4. The SMILES string of the molecule is CNc1cc(CC2CCOCC2)[nH]n1. The number of nitrogens with one attached hydrogen (secondary N) is 2. The van der Waals surface area contributed by atoms with E-state index in [1.165, 1.54) is 18.5 Å². The summed E-state index contributed by atoms with van der Waals surface area (Å²) in [6.45, 7) is 1.83. The molecule has 1 saturated heterocycles. The Balaban J connectivity index is 1.89. The lowest BCUT2D eigenvalue weighted by molar-refractivity contribution is 0.0663. The van der Waals surface area contributed by atoms with E-state index in [2.05, 4.69) is 21.6 Å². The zero-order valence-corrected chi connectivity index (χ0v) is 8.55. The number of ether oxygens (including phenoxy) is 1. The fourth-order valence-corrected chi connectivity index (χ4v) is 1.86. The lowest BCUT2D eigenvalue weighted by atomic mass is 9.95. The monoisotopic (exact) mass is 195 g/mol. The van der Waals surface area contributed by atoms with E-state index in [0.717, 1.165) is 31.4 Å². The first-order chi connectivity index (χ1) is 6.88. The van der Waals surface area contributed by atoms with Crippen molar-refractivity contribution in [3.8, 4) is 0 Å². The molecule has 0 bridgehead atoms. The standard InChI is InChI=1S/C10H17N3O/c1-11-10-7-9(12-13-10)6-8-2-4-14-5-3-8/h7-8H,2-6H2,1H3,(H2,11,12,13). The quantitative estimate of drug-likeness (QED) is 0.767. The van der Waals surface area contributed by atoms with Crippen LogP contribution in [0.3, 0.4) is 0 Å². The number of hydrogen-bond donors (Lipinski definition) is 2. The van der Waals surface area contributed by atoms with Crippen molar-refractivity contribution >= 4 is 5.82 Å². The van der Waals surface area contributed by atoms with E-state index in [0.29, 0.717) is 0 Å². The lowest BCUT2D eigenvalue weighted by Gasteiger charge is -2.20. The van der Waals surface area contributed by atoms with Crippen LogP contribution in [0.2, 0.25) is 0 Å². The van der Waals surface area contributed by atoms with Crippen molar-refractivity contribution in [2.24, 2.45) is 5.92 Å². The molecule has 0 saturated carbocycles. The molecule has 2 N–H and O–H groups in total. The van der Waals surface area contributed by atoms with Crippen LogP contribution in [0.5, 0.6) is 0 Å². The van der Waals surface area contributed by atoms with Crippen LogP contribution >= 0.6 is 0 Å². The van der Waals surface area contributed by atoms with Crippen molar-refractivity contribution in [3.63, 3.8) is 0 Å². The molecule has 1 fully saturated rings. The van der Waals surface area contributed by atoms with Crippen LogP contribution in [0.1, 0.15) is 18.5 Å². The summed E-state index contributed by atoms with van der Waals surface area (Å²) in [5.74, 6) is 1.68. The molecule has 0 atom stereocenters. The predicted octanol–water partition coefficient (Wildman–Crippen LogP) is 1.42. The second-order valence-corrected chi connectivity index (χ2v) is 3.79. The van der Waals surface area contributed by atoms with E-state index < -0.39 is 0 Å². The van der Waals surface area contributed by atoms with E-state index in [-0.39, 0.29) is 0 Å². The Morgan fingerprint density at radius 3 is 3.00 bits per heavy atom. The minimum atomic E-state index is 0.758. The molecule has 78 valence electrons. The molecule has 0 aliphatic carbocycles. The predicted molar refractivity (Wildman–Crippen MR) is 55.4 cm³/mol. The Bertz CT molecular complexity index is 279. The highest BCUT2D eigenvalue weighted by Gasteiger charge is 2.15. The summed E-state index contributed by atoms with van der Waals surface area (Å²) in [7, 11) is 1.88. The molecule has 4 nitrogen and oxygen atoms in total. The summed E-state index contributed by atoms with van der Waals surface area (Å²) < 4.78 is 5.33. The van der Waals surface area contributed by atoms with E-state index in [4.69, 9.17) is 4.74 Å². The summed E-state index contributed by atoms with van der Waals surface area (Å²) in [5, 5.41) is 10.2. The molecule has 1 aromatic heterocycles. The second kappa shape index (κ2) is 4.46. The highest BCUT2D eigenvalue weighted by molar-refractivity contribution is 5.34. The van der Waals surface area contributed by atoms with Gasteiger partial charge in [0.05, 0.1) is 0 Å². The highest BCUT2D eigenvalue weighted by Crippen LogP contribution is 2.19. The van der Waals surface area contributed by atoms with E-state index in [1.54, 1.807) is 0 Å². The number of aromatic nitrogens is 2. The van der Waals surface area contributed by atoms with Gasteiger partial charge in [0, 0.05) is 32.0 Å². The first-order valence-corrected chi connectivity index (χ1v) is 5.18. The van der Waals surface area contributed by atoms with Crippen LogP contribution < -0.4 is 5.32 Å². The van der Waals surface area contributed by atoms with Crippen molar-refractivity contribution in [2.75, 3.05) is 25.6 Å². The fourth-order valence-electron chi connectivity index (χ4n) is 1.86. The van der Waals surface area contributed by atoms with Crippen molar-refractivity contribution in [1.29, 1.82) is 0 Å². The van der Waals surface area contributed by atoms with Gasteiger partial charge in [-0.3, -0.25) is 5.10 Å². The van der Waals surface area contributed by atoms with Crippen LogP contribution in [-0.2, 0) is 11.2 Å². The van der Waals surface area contributed by atoms with E-state index in [1.807, 2.05) is 7.05 Å². The highest BCUT2D eigenvalue weighted by atomic mass is 16.5. The summed E-state index contributed by atoms with van der Waals surface area (Å²) in [6, 6.07) is 2.08. The Morgan fingerprint density at radius 2 is 2.36 bits per heavy atom. The lowest BCUT2D eigenvalue weighted by Crippen LogP contribution is -2.17. The summed E-state index contributed by atoms with van der Waals surface area (Å²) in [4.78, 5) is 0. The number of anilines is 1. The van der Waals surface area contributed by atoms with Crippen LogP contribution in [0.25, 0.3) is 0 Å². The van der Waals surface area contributed by atoms with Gasteiger partial charge in [-0.1, -0.05) is 0 Å². The molecule has 4 heteroatoms. The Hall–Kier alpha value is -1.03. The average molecular weight is 195 g/mol. The smallest absolute Gasteiger partial charge is 0.147 e. The third-order valence-electron chi connectivity index (χ3n) is 2.74. The van der Waals surface area contributed by atoms with E-state index >= 15 is 0 Å². The number of aromatic amines is 1. The van der Waals surface area contributed by atoms with Crippen LogP contribution in [0, 0.1) is 5.92 Å². The zero-order chi connectivity index (χ0) is 9.80. The summed E-state index contributed by atoms with van der Waals surface area (Å²) >= 11 is 0. The van der Waals surface area contributed by atoms with Gasteiger partial charge < -0.3 is 10.1 Å². The molecule has 0 amide bonds. The number of rotatable bonds is 3. The van der Waals surface area contributed by atoms with Gasteiger partial charge in [-0.2, -0.15) is 5.10 Å². The molecule has 0 unspecified atom stereocenters. The van der Waals surface area contributed by atoms with Gasteiger partial charge in [0.25, 0.3) is 0 Å². The largest absolute Gasteiger partial charge is 0.381 e. The number of nitrogens with zero attached hydrogens (tertiary/aromatic N) is 1. The van der Waals surface area contributed by atoms with Crippen molar-refractivity contribution < 1.29 is 4.74 Å². The van der Waals surface area contributed by atoms with E-state index in [9.17, 15) is 0 Å². The topological polar surface area (TPSA) is 49.9 Å². The van der Waals surface area contributed by atoms with Crippen molar-refractivity contribution in [1.82, 2.24) is 10.2 Å². The summed E-state index contributed by atoms with van der Waals surface area (Å²) in [5.41, 5.74) is 1.22. The molecule has 14 heavy (non-hydrogen) atoms. The molecule has 1 aliphatic heterocycles. The molecule has 2 heterocycles. The maximum atomic E-state index is 5.33. The molecular formula is C10H17N3O. The van der Waals surface area contributed by atoms with Gasteiger partial charge in [0.1, 0.15) is 5.82 Å². The van der Waals surface area contributed by atoms with Gasteiger partial charge in [0.15, 0.2) is 0 Å². The third kappa shape index (κ3) is 2.26. The minimum Gasteiger partial charge on any atom is -0.381 e. The maximum Gasteiger partial charge on any atom is 0.147 e. The molecule has 1 aliphatic rings. The molecule has 0 aromatic carbocycles. The first-order valence-electron chi connectivity index (χ1n) is 5.18. The molecule has 1 aromatic rings. The maximum absolute atomic E-state index is 5.33. The average Bonchev–Trinajstić information content (AvgIpc) is 2.67. The van der Waals surface area contributed by atoms with Gasteiger partial charge in [-0.15, -0.1) is 0 Å². The third-order valence-corrected chi connectivity index (χ3v) is 2.74. The summed E-state index contributed by atoms with van der Waals surface area (Å²) in [6.07, 6.45) is 3.44. The van der Waals surface area contributed by atoms with Gasteiger partial charge in [-0.05, 0) is 25.2 Å². The number of hydrogen-bond acceptors (Lipinski definition) is 3. The molecule has 2 rings (SSSR count). The first kappa shape index (κ1) is 9.52. The fraction of sp³-hybridized carbons (Fsp3) is 0.700. The Kier molecular flexibility index (Phi) is 3.03. The Morgan fingerprint density at radius 1 is 1.57 bits per heavy atom. The van der Waals surface area contributed by atoms with Crippen LogP contribution in [-0.4, -0.2) is 30.5 Å². The Labute approximate surface area is 84.0 Å². The van der Waals surface area contributed by atoms with Gasteiger partial charge in [-0.25, -0.2) is 0 Å². The molecule has 0 spiro atoms. The minimum absolute atomic E-state index is 0.758. The second-order valence-electron chi connectivity index (χ2n) is 3.79. The van der Waals surface area contributed by atoms with Gasteiger partial charge in [0.2, 0.25) is 0 Å². The van der Waals surface area contributed by atoms with Crippen molar-refractivity contribution in [2.45, 2.75) is 19.3 Å². The zero-order valence-electron chi connectivity index (χ0n) is 8.55. The molecular weight excluding hydrogens is 178 g/mol.